The van der Waals surface area contributed by atoms with Crippen molar-refractivity contribution in [2.45, 2.75) is 25.8 Å². The van der Waals surface area contributed by atoms with E-state index in [-0.39, 0.29) is 22.5 Å². The van der Waals surface area contributed by atoms with Crippen LogP contribution in [0.1, 0.15) is 18.4 Å². The molecular weight excluding hydrogens is 309 g/mol. The average molecular weight is 329 g/mol. The van der Waals surface area contributed by atoms with E-state index in [9.17, 15) is 14.5 Å². The standard InChI is InChI=1S/C18H20FN3O2/c1-13-2-7-17(18(12-13)22(23)24)21-10-8-16(9-11-21)20-15-5-3-14(19)4-6-15/h2-7,12,16,20H,8-11H2,1H3. The molecule has 2 aromatic rings. The number of rotatable bonds is 4. The Labute approximate surface area is 140 Å². The average Bonchev–Trinajstić information content (AvgIpc) is 2.58. The number of anilines is 2. The number of nitrogens with zero attached hydrogens (tertiary/aromatic N) is 2. The molecule has 0 radical (unpaired) electrons. The van der Waals surface area contributed by atoms with Gasteiger partial charge in [-0.15, -0.1) is 0 Å². The number of nitro groups is 1. The molecule has 2 aromatic carbocycles. The quantitative estimate of drug-likeness (QED) is 0.677. The lowest BCUT2D eigenvalue weighted by molar-refractivity contribution is -0.384. The summed E-state index contributed by atoms with van der Waals surface area (Å²) in [7, 11) is 0. The van der Waals surface area contributed by atoms with Gasteiger partial charge in [0.1, 0.15) is 11.5 Å². The van der Waals surface area contributed by atoms with Crippen molar-refractivity contribution in [2.75, 3.05) is 23.3 Å². The first kappa shape index (κ1) is 16.2. The van der Waals surface area contributed by atoms with Crippen molar-refractivity contribution in [1.29, 1.82) is 0 Å². The second-order valence-electron chi connectivity index (χ2n) is 6.16. The highest BCUT2D eigenvalue weighted by Gasteiger charge is 2.24. The Morgan fingerprint density at radius 3 is 2.46 bits per heavy atom. The van der Waals surface area contributed by atoms with Gasteiger partial charge in [0.15, 0.2) is 0 Å². The van der Waals surface area contributed by atoms with E-state index in [1.807, 2.05) is 19.1 Å². The summed E-state index contributed by atoms with van der Waals surface area (Å²) < 4.78 is 12.9. The Morgan fingerprint density at radius 2 is 1.83 bits per heavy atom. The molecule has 6 heteroatoms. The minimum Gasteiger partial charge on any atom is -0.382 e. The zero-order chi connectivity index (χ0) is 17.1. The predicted molar refractivity (Wildman–Crippen MR) is 93.1 cm³/mol. The molecule has 1 fully saturated rings. The number of nitrogens with one attached hydrogen (secondary N) is 1. The Hall–Kier alpha value is -2.63. The fraction of sp³-hybridized carbons (Fsp3) is 0.333. The number of aryl methyl sites for hydroxylation is 1. The van der Waals surface area contributed by atoms with E-state index in [2.05, 4.69) is 10.2 Å². The topological polar surface area (TPSA) is 58.4 Å². The molecule has 24 heavy (non-hydrogen) atoms. The summed E-state index contributed by atoms with van der Waals surface area (Å²) in [5.74, 6) is -0.248. The zero-order valence-electron chi connectivity index (χ0n) is 13.5. The van der Waals surface area contributed by atoms with Crippen LogP contribution in [0, 0.1) is 22.9 Å². The van der Waals surface area contributed by atoms with Crippen LogP contribution in [0.2, 0.25) is 0 Å². The van der Waals surface area contributed by atoms with Crippen LogP contribution in [0.25, 0.3) is 0 Å². The molecule has 0 atom stereocenters. The molecule has 1 N–H and O–H groups in total. The smallest absolute Gasteiger partial charge is 0.292 e. The first-order valence-electron chi connectivity index (χ1n) is 8.05. The summed E-state index contributed by atoms with van der Waals surface area (Å²) in [5, 5.41) is 14.7. The maximum atomic E-state index is 12.9. The van der Waals surface area contributed by atoms with Crippen molar-refractivity contribution in [2.24, 2.45) is 0 Å². The van der Waals surface area contributed by atoms with E-state index in [1.54, 1.807) is 18.2 Å². The number of nitro benzene ring substituents is 1. The van der Waals surface area contributed by atoms with Gasteiger partial charge in [-0.3, -0.25) is 10.1 Å². The molecule has 1 aliphatic heterocycles. The molecule has 0 bridgehead atoms. The zero-order valence-corrected chi connectivity index (χ0v) is 13.5. The van der Waals surface area contributed by atoms with Gasteiger partial charge in [0.05, 0.1) is 4.92 Å². The highest BCUT2D eigenvalue weighted by molar-refractivity contribution is 5.64. The normalized spacial score (nSPS) is 15.3. The monoisotopic (exact) mass is 329 g/mol. The molecular formula is C18H20FN3O2. The van der Waals surface area contributed by atoms with Crippen molar-refractivity contribution < 1.29 is 9.31 Å². The molecule has 0 saturated carbocycles. The van der Waals surface area contributed by atoms with Crippen molar-refractivity contribution >= 4 is 17.1 Å². The summed E-state index contributed by atoms with van der Waals surface area (Å²) in [4.78, 5) is 13.0. The van der Waals surface area contributed by atoms with Crippen LogP contribution >= 0.6 is 0 Å². The highest BCUT2D eigenvalue weighted by atomic mass is 19.1. The fourth-order valence-corrected chi connectivity index (χ4v) is 3.09. The SMILES string of the molecule is Cc1ccc(N2CCC(Nc3ccc(F)cc3)CC2)c([N+](=O)[O-])c1. The molecule has 5 nitrogen and oxygen atoms in total. The number of hydrogen-bond donors (Lipinski definition) is 1. The van der Waals surface area contributed by atoms with Gasteiger partial charge in [-0.25, -0.2) is 4.39 Å². The number of benzene rings is 2. The molecule has 1 heterocycles. The van der Waals surface area contributed by atoms with Gasteiger partial charge in [0.25, 0.3) is 5.69 Å². The largest absolute Gasteiger partial charge is 0.382 e. The van der Waals surface area contributed by atoms with E-state index in [0.717, 1.165) is 37.2 Å². The van der Waals surface area contributed by atoms with Crippen LogP contribution in [-0.2, 0) is 0 Å². The second-order valence-corrected chi connectivity index (χ2v) is 6.16. The lowest BCUT2D eigenvalue weighted by Gasteiger charge is -2.34. The molecule has 0 spiro atoms. The third-order valence-electron chi connectivity index (χ3n) is 4.38. The summed E-state index contributed by atoms with van der Waals surface area (Å²) in [6, 6.07) is 12.0. The molecule has 1 saturated heterocycles. The summed E-state index contributed by atoms with van der Waals surface area (Å²) in [5.41, 5.74) is 2.64. The van der Waals surface area contributed by atoms with Crippen LogP contribution in [0.15, 0.2) is 42.5 Å². The van der Waals surface area contributed by atoms with E-state index in [4.69, 9.17) is 0 Å². The lowest BCUT2D eigenvalue weighted by Crippen LogP contribution is -2.39. The maximum Gasteiger partial charge on any atom is 0.292 e. The van der Waals surface area contributed by atoms with Crippen LogP contribution < -0.4 is 10.2 Å². The number of hydrogen-bond acceptors (Lipinski definition) is 4. The van der Waals surface area contributed by atoms with E-state index >= 15 is 0 Å². The minimum absolute atomic E-state index is 0.167. The van der Waals surface area contributed by atoms with Crippen molar-refractivity contribution in [3.63, 3.8) is 0 Å². The van der Waals surface area contributed by atoms with Gasteiger partial charge in [0, 0.05) is 30.9 Å². The number of piperidine rings is 1. The Kier molecular flexibility index (Phi) is 4.64. The Bertz CT molecular complexity index is 726. The fourth-order valence-electron chi connectivity index (χ4n) is 3.09. The first-order valence-corrected chi connectivity index (χ1v) is 8.05. The molecule has 0 aromatic heterocycles. The third kappa shape index (κ3) is 3.64. The molecule has 1 aliphatic rings. The minimum atomic E-state index is -0.314. The van der Waals surface area contributed by atoms with Gasteiger partial charge in [0.2, 0.25) is 0 Å². The summed E-state index contributed by atoms with van der Waals surface area (Å²) >= 11 is 0. The second kappa shape index (κ2) is 6.86. The van der Waals surface area contributed by atoms with Crippen LogP contribution in [0.4, 0.5) is 21.5 Å². The number of halogens is 1. The van der Waals surface area contributed by atoms with Crippen molar-refractivity contribution in [3.05, 3.63) is 64.0 Å². The van der Waals surface area contributed by atoms with Gasteiger partial charge in [-0.2, -0.15) is 0 Å². The van der Waals surface area contributed by atoms with E-state index < -0.39 is 0 Å². The Morgan fingerprint density at radius 1 is 1.17 bits per heavy atom. The van der Waals surface area contributed by atoms with Crippen LogP contribution in [-0.4, -0.2) is 24.1 Å². The van der Waals surface area contributed by atoms with Crippen LogP contribution in [0.3, 0.4) is 0 Å². The molecule has 0 unspecified atom stereocenters. The molecule has 126 valence electrons. The molecule has 0 aliphatic carbocycles. The van der Waals surface area contributed by atoms with Gasteiger partial charge < -0.3 is 10.2 Å². The predicted octanol–water partition coefficient (Wildman–Crippen LogP) is 4.12. The lowest BCUT2D eigenvalue weighted by atomic mass is 10.0. The van der Waals surface area contributed by atoms with Gasteiger partial charge in [-0.05, 0) is 55.7 Å². The highest BCUT2D eigenvalue weighted by Crippen LogP contribution is 2.31. The first-order chi connectivity index (χ1) is 11.5. The summed E-state index contributed by atoms with van der Waals surface area (Å²) in [6.07, 6.45) is 1.75. The molecule has 0 amide bonds. The van der Waals surface area contributed by atoms with Crippen molar-refractivity contribution in [1.82, 2.24) is 0 Å². The van der Waals surface area contributed by atoms with E-state index in [0.29, 0.717) is 5.69 Å². The molecule has 3 rings (SSSR count). The third-order valence-corrected chi connectivity index (χ3v) is 4.38. The van der Waals surface area contributed by atoms with Gasteiger partial charge >= 0.3 is 0 Å². The van der Waals surface area contributed by atoms with Gasteiger partial charge in [-0.1, -0.05) is 6.07 Å². The maximum absolute atomic E-state index is 12.9. The van der Waals surface area contributed by atoms with Crippen LogP contribution in [0.5, 0.6) is 0 Å². The van der Waals surface area contributed by atoms with E-state index in [1.165, 1.54) is 12.1 Å². The summed E-state index contributed by atoms with van der Waals surface area (Å²) in [6.45, 7) is 3.36. The Balaban J connectivity index is 1.65. The van der Waals surface area contributed by atoms with Crippen molar-refractivity contribution in [3.8, 4) is 0 Å².